The summed E-state index contributed by atoms with van der Waals surface area (Å²) in [6, 6.07) is 10.3. The van der Waals surface area contributed by atoms with E-state index in [-0.39, 0.29) is 0 Å². The normalized spacial score (nSPS) is 13.1. The Morgan fingerprint density at radius 3 is 2.88 bits per heavy atom. The summed E-state index contributed by atoms with van der Waals surface area (Å²) < 4.78 is 12.8. The SMILES string of the molecule is Cc1cccn1Cc1ccc2c(c1)OCO2. The van der Waals surface area contributed by atoms with E-state index in [1.165, 1.54) is 11.3 Å². The molecule has 0 unspecified atom stereocenters. The molecule has 2 aromatic rings. The van der Waals surface area contributed by atoms with Crippen molar-refractivity contribution in [2.75, 3.05) is 6.79 Å². The third kappa shape index (κ3) is 1.54. The molecule has 0 saturated carbocycles. The van der Waals surface area contributed by atoms with E-state index in [9.17, 15) is 0 Å². The Hall–Kier alpha value is -1.90. The maximum absolute atomic E-state index is 5.36. The second kappa shape index (κ2) is 3.59. The summed E-state index contributed by atoms with van der Waals surface area (Å²) in [5.74, 6) is 1.69. The van der Waals surface area contributed by atoms with E-state index in [2.05, 4.69) is 35.9 Å². The fourth-order valence-corrected chi connectivity index (χ4v) is 1.91. The second-order valence-electron chi connectivity index (χ2n) is 3.97. The van der Waals surface area contributed by atoms with E-state index in [4.69, 9.17) is 9.47 Å². The maximum Gasteiger partial charge on any atom is 0.231 e. The molecule has 1 aromatic carbocycles. The molecule has 0 amide bonds. The Kier molecular flexibility index (Phi) is 2.10. The van der Waals surface area contributed by atoms with Crippen LogP contribution in [0.3, 0.4) is 0 Å². The summed E-state index contributed by atoms with van der Waals surface area (Å²) in [5.41, 5.74) is 2.49. The summed E-state index contributed by atoms with van der Waals surface area (Å²) >= 11 is 0. The van der Waals surface area contributed by atoms with E-state index in [1.54, 1.807) is 0 Å². The van der Waals surface area contributed by atoms with Crippen LogP contribution in [0.5, 0.6) is 11.5 Å². The first-order valence-corrected chi connectivity index (χ1v) is 5.33. The van der Waals surface area contributed by atoms with Crippen molar-refractivity contribution in [3.05, 3.63) is 47.8 Å². The highest BCUT2D eigenvalue weighted by Crippen LogP contribution is 2.32. The molecular weight excluding hydrogens is 202 g/mol. The quantitative estimate of drug-likeness (QED) is 0.768. The molecule has 0 spiro atoms. The van der Waals surface area contributed by atoms with Gasteiger partial charge in [0, 0.05) is 18.4 Å². The number of hydrogen-bond acceptors (Lipinski definition) is 2. The van der Waals surface area contributed by atoms with Crippen LogP contribution < -0.4 is 9.47 Å². The molecule has 0 radical (unpaired) electrons. The van der Waals surface area contributed by atoms with Crippen molar-refractivity contribution < 1.29 is 9.47 Å². The molecule has 0 aliphatic carbocycles. The van der Waals surface area contributed by atoms with Crippen LogP contribution in [0.4, 0.5) is 0 Å². The molecule has 82 valence electrons. The van der Waals surface area contributed by atoms with Crippen LogP contribution in [0.2, 0.25) is 0 Å². The number of aryl methyl sites for hydroxylation is 1. The number of aromatic nitrogens is 1. The summed E-state index contributed by atoms with van der Waals surface area (Å²) in [7, 11) is 0. The molecule has 2 heterocycles. The lowest BCUT2D eigenvalue weighted by atomic mass is 10.2. The van der Waals surface area contributed by atoms with E-state index < -0.39 is 0 Å². The summed E-state index contributed by atoms with van der Waals surface area (Å²) in [5, 5.41) is 0. The van der Waals surface area contributed by atoms with Crippen molar-refractivity contribution in [1.82, 2.24) is 4.57 Å². The highest BCUT2D eigenvalue weighted by atomic mass is 16.7. The van der Waals surface area contributed by atoms with Gasteiger partial charge >= 0.3 is 0 Å². The largest absolute Gasteiger partial charge is 0.454 e. The van der Waals surface area contributed by atoms with Crippen LogP contribution in [0.15, 0.2) is 36.5 Å². The van der Waals surface area contributed by atoms with Crippen LogP contribution in [0.1, 0.15) is 11.3 Å². The molecule has 1 aliphatic heterocycles. The van der Waals surface area contributed by atoms with Gasteiger partial charge in [0.1, 0.15) is 0 Å². The van der Waals surface area contributed by atoms with Gasteiger partial charge in [-0.3, -0.25) is 0 Å². The monoisotopic (exact) mass is 215 g/mol. The Morgan fingerprint density at radius 2 is 2.06 bits per heavy atom. The minimum absolute atomic E-state index is 0.335. The van der Waals surface area contributed by atoms with E-state index in [0.717, 1.165) is 18.0 Å². The van der Waals surface area contributed by atoms with Gasteiger partial charge < -0.3 is 14.0 Å². The Bertz CT molecular complexity index is 516. The Balaban J connectivity index is 1.88. The first kappa shape index (κ1) is 9.33. The van der Waals surface area contributed by atoms with E-state index in [0.29, 0.717) is 6.79 Å². The van der Waals surface area contributed by atoms with Crippen LogP contribution in [0.25, 0.3) is 0 Å². The minimum Gasteiger partial charge on any atom is -0.454 e. The highest BCUT2D eigenvalue weighted by Gasteiger charge is 2.13. The van der Waals surface area contributed by atoms with Gasteiger partial charge in [-0.15, -0.1) is 0 Å². The number of rotatable bonds is 2. The van der Waals surface area contributed by atoms with Crippen molar-refractivity contribution >= 4 is 0 Å². The van der Waals surface area contributed by atoms with Crippen molar-refractivity contribution in [2.24, 2.45) is 0 Å². The maximum atomic E-state index is 5.36. The average molecular weight is 215 g/mol. The van der Waals surface area contributed by atoms with E-state index >= 15 is 0 Å². The van der Waals surface area contributed by atoms with Gasteiger partial charge in [-0.1, -0.05) is 6.07 Å². The lowest BCUT2D eigenvalue weighted by Crippen LogP contribution is -1.99. The molecule has 3 rings (SSSR count). The van der Waals surface area contributed by atoms with Gasteiger partial charge in [0.2, 0.25) is 6.79 Å². The predicted octanol–water partition coefficient (Wildman–Crippen LogP) is 2.57. The standard InChI is InChI=1S/C13H13NO2/c1-10-3-2-6-14(10)8-11-4-5-12-13(7-11)16-9-15-12/h2-7H,8-9H2,1H3. The average Bonchev–Trinajstić information content (AvgIpc) is 2.88. The predicted molar refractivity (Wildman–Crippen MR) is 60.8 cm³/mol. The molecule has 3 heteroatoms. The molecular formula is C13H13NO2. The first-order chi connectivity index (χ1) is 7.83. The van der Waals surface area contributed by atoms with Gasteiger partial charge in [0.15, 0.2) is 11.5 Å². The van der Waals surface area contributed by atoms with Crippen LogP contribution in [0, 0.1) is 6.92 Å². The fraction of sp³-hybridized carbons (Fsp3) is 0.231. The van der Waals surface area contributed by atoms with Gasteiger partial charge in [0.05, 0.1) is 0 Å². The summed E-state index contributed by atoms with van der Waals surface area (Å²) in [6.07, 6.45) is 2.08. The van der Waals surface area contributed by atoms with Crippen LogP contribution in [-0.4, -0.2) is 11.4 Å². The van der Waals surface area contributed by atoms with Crippen LogP contribution >= 0.6 is 0 Å². The molecule has 16 heavy (non-hydrogen) atoms. The van der Waals surface area contributed by atoms with Gasteiger partial charge in [-0.05, 0) is 36.8 Å². The molecule has 0 saturated heterocycles. The zero-order valence-corrected chi connectivity index (χ0v) is 9.14. The number of nitrogens with zero attached hydrogens (tertiary/aromatic N) is 1. The Morgan fingerprint density at radius 1 is 1.19 bits per heavy atom. The fourth-order valence-electron chi connectivity index (χ4n) is 1.91. The zero-order valence-electron chi connectivity index (χ0n) is 9.14. The molecule has 1 aliphatic rings. The molecule has 3 nitrogen and oxygen atoms in total. The molecule has 0 bridgehead atoms. The van der Waals surface area contributed by atoms with Crippen molar-refractivity contribution in [3.63, 3.8) is 0 Å². The van der Waals surface area contributed by atoms with Crippen LogP contribution in [-0.2, 0) is 6.54 Å². The molecule has 1 aromatic heterocycles. The lowest BCUT2D eigenvalue weighted by molar-refractivity contribution is 0.174. The second-order valence-corrected chi connectivity index (χ2v) is 3.97. The summed E-state index contributed by atoms with van der Waals surface area (Å²) in [4.78, 5) is 0. The highest BCUT2D eigenvalue weighted by molar-refractivity contribution is 5.44. The smallest absolute Gasteiger partial charge is 0.231 e. The van der Waals surface area contributed by atoms with Crippen molar-refractivity contribution in [2.45, 2.75) is 13.5 Å². The molecule has 0 N–H and O–H groups in total. The number of benzene rings is 1. The van der Waals surface area contributed by atoms with Gasteiger partial charge in [-0.25, -0.2) is 0 Å². The first-order valence-electron chi connectivity index (χ1n) is 5.33. The van der Waals surface area contributed by atoms with Crippen molar-refractivity contribution in [3.8, 4) is 11.5 Å². The Labute approximate surface area is 94.2 Å². The lowest BCUT2D eigenvalue weighted by Gasteiger charge is -2.07. The molecule has 0 fully saturated rings. The number of fused-ring (bicyclic) bond motifs is 1. The van der Waals surface area contributed by atoms with Gasteiger partial charge in [0.25, 0.3) is 0 Å². The minimum atomic E-state index is 0.335. The van der Waals surface area contributed by atoms with Gasteiger partial charge in [-0.2, -0.15) is 0 Å². The molecule has 0 atom stereocenters. The van der Waals surface area contributed by atoms with Crippen molar-refractivity contribution in [1.29, 1.82) is 0 Å². The number of hydrogen-bond donors (Lipinski definition) is 0. The zero-order chi connectivity index (χ0) is 11.0. The van der Waals surface area contributed by atoms with E-state index in [1.807, 2.05) is 12.1 Å². The third-order valence-electron chi connectivity index (χ3n) is 2.85. The number of ether oxygens (including phenoxy) is 2. The third-order valence-corrected chi connectivity index (χ3v) is 2.85. The summed E-state index contributed by atoms with van der Waals surface area (Å²) in [6.45, 7) is 3.31. The topological polar surface area (TPSA) is 23.4 Å².